The van der Waals surface area contributed by atoms with Gasteiger partial charge in [0.05, 0.1) is 0 Å². The molecular weight excluding hydrogens is 252 g/mol. The molecule has 0 bridgehead atoms. The molecule has 1 saturated heterocycles. The van der Waals surface area contributed by atoms with Gasteiger partial charge in [-0.3, -0.25) is 14.0 Å². The first-order chi connectivity index (χ1) is 8.72. The Bertz CT molecular complexity index is 618. The van der Waals surface area contributed by atoms with E-state index in [1.165, 1.54) is 11.3 Å². The van der Waals surface area contributed by atoms with Crippen LogP contribution >= 0.6 is 11.3 Å². The maximum Gasteiger partial charge on any atom is 0.242 e. The monoisotopic (exact) mass is 264 g/mol. The fourth-order valence-corrected chi connectivity index (χ4v) is 2.90. The first-order valence-corrected chi connectivity index (χ1v) is 6.55. The number of amides is 1. The minimum atomic E-state index is -0.304. The highest BCUT2D eigenvalue weighted by atomic mass is 32.1. The van der Waals surface area contributed by atoms with Gasteiger partial charge in [-0.25, -0.2) is 4.98 Å². The highest BCUT2D eigenvalue weighted by Crippen LogP contribution is 2.25. The summed E-state index contributed by atoms with van der Waals surface area (Å²) in [4.78, 5) is 30.0. The molecule has 6 nitrogen and oxygen atoms in total. The number of thiazole rings is 1. The first kappa shape index (κ1) is 11.2. The van der Waals surface area contributed by atoms with Crippen molar-refractivity contribution < 1.29 is 9.59 Å². The Hall–Kier alpha value is -1.89. The maximum atomic E-state index is 11.7. The number of nitrogens with zero attached hydrogens (tertiary/aromatic N) is 3. The van der Waals surface area contributed by atoms with Crippen molar-refractivity contribution in [2.75, 3.05) is 18.0 Å². The van der Waals surface area contributed by atoms with Gasteiger partial charge in [0.15, 0.2) is 17.1 Å². The van der Waals surface area contributed by atoms with E-state index < -0.39 is 0 Å². The van der Waals surface area contributed by atoms with E-state index in [1.54, 1.807) is 4.40 Å². The molecule has 7 heteroatoms. The molecule has 2 aromatic heterocycles. The van der Waals surface area contributed by atoms with E-state index in [0.717, 1.165) is 11.2 Å². The van der Waals surface area contributed by atoms with Gasteiger partial charge in [0.1, 0.15) is 11.7 Å². The number of piperazine rings is 1. The average Bonchev–Trinajstić information content (AvgIpc) is 2.92. The topological polar surface area (TPSA) is 66.7 Å². The third-order valence-electron chi connectivity index (χ3n) is 3.16. The van der Waals surface area contributed by atoms with Crippen molar-refractivity contribution in [1.82, 2.24) is 14.7 Å². The van der Waals surface area contributed by atoms with E-state index in [-0.39, 0.29) is 11.9 Å². The van der Waals surface area contributed by atoms with Crippen LogP contribution in [-0.2, 0) is 4.79 Å². The SMILES string of the molecule is CC1C(=O)NCCN1c1nc2sccn2c1C=O. The lowest BCUT2D eigenvalue weighted by Crippen LogP contribution is -2.54. The first-order valence-electron chi connectivity index (χ1n) is 5.67. The van der Waals surface area contributed by atoms with Gasteiger partial charge in [-0.05, 0) is 6.92 Å². The van der Waals surface area contributed by atoms with Crippen molar-refractivity contribution in [3.63, 3.8) is 0 Å². The van der Waals surface area contributed by atoms with Crippen LogP contribution in [0, 0.1) is 0 Å². The zero-order valence-electron chi connectivity index (χ0n) is 9.79. The number of aldehydes is 1. The van der Waals surface area contributed by atoms with E-state index in [9.17, 15) is 9.59 Å². The van der Waals surface area contributed by atoms with Crippen LogP contribution in [0.2, 0.25) is 0 Å². The van der Waals surface area contributed by atoms with Crippen LogP contribution in [0.1, 0.15) is 17.4 Å². The van der Waals surface area contributed by atoms with Gasteiger partial charge in [-0.2, -0.15) is 0 Å². The van der Waals surface area contributed by atoms with Gasteiger partial charge in [-0.1, -0.05) is 0 Å². The van der Waals surface area contributed by atoms with Gasteiger partial charge in [0, 0.05) is 24.7 Å². The van der Waals surface area contributed by atoms with Crippen molar-refractivity contribution in [1.29, 1.82) is 0 Å². The number of hydrogen-bond donors (Lipinski definition) is 1. The van der Waals surface area contributed by atoms with E-state index >= 15 is 0 Å². The molecule has 1 aliphatic rings. The Labute approximate surface area is 107 Å². The molecule has 0 aromatic carbocycles. The predicted octanol–water partition coefficient (Wildman–Crippen LogP) is 0.533. The summed E-state index contributed by atoms with van der Waals surface area (Å²) in [6.07, 6.45) is 2.61. The third kappa shape index (κ3) is 1.51. The van der Waals surface area contributed by atoms with Crippen LogP contribution in [0.4, 0.5) is 5.82 Å². The number of aromatic nitrogens is 2. The second kappa shape index (κ2) is 4.09. The van der Waals surface area contributed by atoms with E-state index in [4.69, 9.17) is 0 Å². The molecule has 94 valence electrons. The van der Waals surface area contributed by atoms with Crippen LogP contribution in [0.5, 0.6) is 0 Å². The summed E-state index contributed by atoms with van der Waals surface area (Å²) in [5.41, 5.74) is 0.507. The Morgan fingerprint density at radius 3 is 3.22 bits per heavy atom. The lowest BCUT2D eigenvalue weighted by Gasteiger charge is -2.33. The molecule has 0 radical (unpaired) electrons. The smallest absolute Gasteiger partial charge is 0.242 e. The van der Waals surface area contributed by atoms with Crippen LogP contribution < -0.4 is 10.2 Å². The normalized spacial score (nSPS) is 20.2. The molecule has 1 aliphatic heterocycles. The zero-order valence-corrected chi connectivity index (χ0v) is 10.6. The molecule has 1 unspecified atom stereocenters. The molecule has 1 amide bonds. The standard InChI is InChI=1S/C11H12N4O2S/c1-7-10(17)12-2-3-14(7)9-8(6-16)15-4-5-18-11(15)13-9/h4-7H,2-3H2,1H3,(H,12,17). The fourth-order valence-electron chi connectivity index (χ4n) is 2.18. The summed E-state index contributed by atoms with van der Waals surface area (Å²) in [6.45, 7) is 3.06. The van der Waals surface area contributed by atoms with Gasteiger partial charge < -0.3 is 10.2 Å². The summed E-state index contributed by atoms with van der Waals surface area (Å²) in [5.74, 6) is 0.564. The molecule has 18 heavy (non-hydrogen) atoms. The number of carbonyl (C=O) groups is 2. The molecule has 3 rings (SSSR count). The minimum absolute atomic E-state index is 0.0329. The number of anilines is 1. The number of nitrogens with one attached hydrogen (secondary N) is 1. The largest absolute Gasteiger partial charge is 0.353 e. The summed E-state index contributed by atoms with van der Waals surface area (Å²) < 4.78 is 1.76. The van der Waals surface area contributed by atoms with Crippen molar-refractivity contribution in [2.45, 2.75) is 13.0 Å². The Morgan fingerprint density at radius 2 is 2.44 bits per heavy atom. The van der Waals surface area contributed by atoms with Crippen LogP contribution in [0.3, 0.4) is 0 Å². The Morgan fingerprint density at radius 1 is 1.61 bits per heavy atom. The van der Waals surface area contributed by atoms with Crippen LogP contribution in [-0.4, -0.2) is 40.7 Å². The Balaban J connectivity index is 2.10. The van der Waals surface area contributed by atoms with Gasteiger partial charge in [-0.15, -0.1) is 11.3 Å². The van der Waals surface area contributed by atoms with E-state index in [1.807, 2.05) is 23.4 Å². The number of imidazole rings is 1. The van der Waals surface area contributed by atoms with Gasteiger partial charge in [0.2, 0.25) is 5.91 Å². The minimum Gasteiger partial charge on any atom is -0.353 e. The molecule has 3 heterocycles. The molecular formula is C11H12N4O2S. The lowest BCUT2D eigenvalue weighted by molar-refractivity contribution is -0.122. The predicted molar refractivity (Wildman–Crippen MR) is 68.3 cm³/mol. The van der Waals surface area contributed by atoms with Crippen LogP contribution in [0.15, 0.2) is 11.6 Å². The number of fused-ring (bicyclic) bond motifs is 1. The second-order valence-corrected chi connectivity index (χ2v) is 5.03. The number of hydrogen-bond acceptors (Lipinski definition) is 5. The molecule has 2 aromatic rings. The second-order valence-electron chi connectivity index (χ2n) is 4.15. The Kier molecular flexibility index (Phi) is 2.55. The highest BCUT2D eigenvalue weighted by molar-refractivity contribution is 7.15. The lowest BCUT2D eigenvalue weighted by atomic mass is 10.2. The molecule has 0 spiro atoms. The summed E-state index contributed by atoms with van der Waals surface area (Å²) in [5, 5.41) is 4.68. The van der Waals surface area contributed by atoms with Crippen molar-refractivity contribution >= 4 is 34.3 Å². The van der Waals surface area contributed by atoms with Crippen LogP contribution in [0.25, 0.3) is 4.96 Å². The summed E-state index contributed by atoms with van der Waals surface area (Å²) in [7, 11) is 0. The van der Waals surface area contributed by atoms with E-state index in [2.05, 4.69) is 10.3 Å². The molecule has 1 N–H and O–H groups in total. The third-order valence-corrected chi connectivity index (χ3v) is 3.92. The van der Waals surface area contributed by atoms with Gasteiger partial charge in [0.25, 0.3) is 0 Å². The van der Waals surface area contributed by atoms with Crippen molar-refractivity contribution in [3.8, 4) is 0 Å². The van der Waals surface area contributed by atoms with Crippen molar-refractivity contribution in [3.05, 3.63) is 17.3 Å². The fraction of sp³-hybridized carbons (Fsp3) is 0.364. The molecule has 1 atom stereocenters. The molecule has 0 saturated carbocycles. The summed E-state index contributed by atoms with van der Waals surface area (Å²) in [6, 6.07) is -0.304. The van der Waals surface area contributed by atoms with Crippen molar-refractivity contribution in [2.24, 2.45) is 0 Å². The molecule has 0 aliphatic carbocycles. The summed E-state index contributed by atoms with van der Waals surface area (Å²) >= 11 is 1.47. The maximum absolute atomic E-state index is 11.7. The van der Waals surface area contributed by atoms with E-state index in [0.29, 0.717) is 24.6 Å². The number of rotatable bonds is 2. The number of carbonyl (C=O) groups excluding carboxylic acids is 2. The van der Waals surface area contributed by atoms with Gasteiger partial charge >= 0.3 is 0 Å². The average molecular weight is 264 g/mol. The zero-order chi connectivity index (χ0) is 12.7. The highest BCUT2D eigenvalue weighted by Gasteiger charge is 2.29. The molecule has 1 fully saturated rings. The quantitative estimate of drug-likeness (QED) is 0.804.